The summed E-state index contributed by atoms with van der Waals surface area (Å²) in [6.07, 6.45) is 0.912. The Bertz CT molecular complexity index is 662. The van der Waals surface area contributed by atoms with Crippen LogP contribution in [0.2, 0.25) is 0 Å². The van der Waals surface area contributed by atoms with Gasteiger partial charge in [-0.25, -0.2) is 0 Å². The Labute approximate surface area is 125 Å². The number of hydrogen-bond acceptors (Lipinski definition) is 2. The summed E-state index contributed by atoms with van der Waals surface area (Å²) < 4.78 is 0. The minimum absolute atomic E-state index is 0.00783. The number of carbonyl (C=O) groups is 1. The first-order valence-corrected chi connectivity index (χ1v) is 7.48. The molecule has 0 saturated heterocycles. The van der Waals surface area contributed by atoms with Crippen LogP contribution in [-0.2, 0) is 4.79 Å². The molecule has 2 aromatic carbocycles. The zero-order chi connectivity index (χ0) is 15.0. The summed E-state index contributed by atoms with van der Waals surface area (Å²) in [5, 5.41) is 11.7. The van der Waals surface area contributed by atoms with Gasteiger partial charge in [-0.15, -0.1) is 0 Å². The van der Waals surface area contributed by atoms with E-state index in [-0.39, 0.29) is 24.5 Å². The zero-order valence-corrected chi connectivity index (χ0v) is 12.5. The molecule has 21 heavy (non-hydrogen) atoms. The van der Waals surface area contributed by atoms with E-state index in [1.54, 1.807) is 11.9 Å². The Morgan fingerprint density at radius 3 is 2.76 bits per heavy atom. The number of carbonyl (C=O) groups excluding carboxylic acids is 1. The van der Waals surface area contributed by atoms with E-state index in [1.165, 1.54) is 16.3 Å². The first-order valence-electron chi connectivity index (χ1n) is 7.48. The highest BCUT2D eigenvalue weighted by Crippen LogP contribution is 2.50. The SMILES string of the molecule is CC(CO)N(C)C(=O)C1CC1c1cccc2ccccc12. The van der Waals surface area contributed by atoms with Crippen molar-refractivity contribution in [2.45, 2.75) is 25.3 Å². The highest BCUT2D eigenvalue weighted by molar-refractivity contribution is 5.89. The molecule has 0 spiro atoms. The minimum atomic E-state index is -0.119. The van der Waals surface area contributed by atoms with Gasteiger partial charge in [0.05, 0.1) is 12.6 Å². The zero-order valence-electron chi connectivity index (χ0n) is 12.5. The third kappa shape index (κ3) is 2.54. The molecule has 1 aliphatic carbocycles. The number of aliphatic hydroxyl groups excluding tert-OH is 1. The van der Waals surface area contributed by atoms with Gasteiger partial charge in [0.2, 0.25) is 5.91 Å². The van der Waals surface area contributed by atoms with Gasteiger partial charge in [-0.2, -0.15) is 0 Å². The van der Waals surface area contributed by atoms with E-state index in [2.05, 4.69) is 30.3 Å². The number of fused-ring (bicyclic) bond motifs is 1. The molecule has 0 heterocycles. The molecule has 3 heteroatoms. The fraction of sp³-hybridized carbons (Fsp3) is 0.389. The summed E-state index contributed by atoms with van der Waals surface area (Å²) in [5.74, 6) is 0.529. The Morgan fingerprint density at radius 2 is 2.00 bits per heavy atom. The van der Waals surface area contributed by atoms with Crippen LogP contribution < -0.4 is 0 Å². The third-order valence-electron chi connectivity index (χ3n) is 4.60. The molecular weight excluding hydrogens is 262 g/mol. The highest BCUT2D eigenvalue weighted by Gasteiger charge is 2.46. The summed E-state index contributed by atoms with van der Waals surface area (Å²) in [7, 11) is 1.78. The maximum Gasteiger partial charge on any atom is 0.226 e. The summed E-state index contributed by atoms with van der Waals surface area (Å²) in [4.78, 5) is 14.1. The van der Waals surface area contributed by atoms with Gasteiger partial charge >= 0.3 is 0 Å². The molecule has 3 unspecified atom stereocenters. The summed E-state index contributed by atoms with van der Waals surface area (Å²) >= 11 is 0. The van der Waals surface area contributed by atoms with E-state index in [4.69, 9.17) is 0 Å². The molecule has 0 bridgehead atoms. The number of aliphatic hydroxyl groups is 1. The van der Waals surface area contributed by atoms with Crippen LogP contribution in [0.4, 0.5) is 0 Å². The molecule has 3 atom stereocenters. The second-order valence-corrected chi connectivity index (χ2v) is 6.00. The Hall–Kier alpha value is -1.87. The molecule has 1 saturated carbocycles. The van der Waals surface area contributed by atoms with Crippen LogP contribution in [0.1, 0.15) is 24.8 Å². The fourth-order valence-corrected chi connectivity index (χ4v) is 2.99. The Kier molecular flexibility index (Phi) is 3.68. The highest BCUT2D eigenvalue weighted by atomic mass is 16.3. The molecule has 1 aliphatic rings. The van der Waals surface area contributed by atoms with Crippen LogP contribution in [0.15, 0.2) is 42.5 Å². The Morgan fingerprint density at radius 1 is 1.29 bits per heavy atom. The van der Waals surface area contributed by atoms with E-state index in [0.717, 1.165) is 6.42 Å². The number of likely N-dealkylation sites (N-methyl/N-ethyl adjacent to an activating group) is 1. The molecule has 3 nitrogen and oxygen atoms in total. The van der Waals surface area contributed by atoms with Crippen molar-refractivity contribution in [1.82, 2.24) is 4.90 Å². The van der Waals surface area contributed by atoms with Crippen molar-refractivity contribution in [3.8, 4) is 0 Å². The maximum absolute atomic E-state index is 12.4. The average molecular weight is 283 g/mol. The summed E-state index contributed by atoms with van der Waals surface area (Å²) in [6.45, 7) is 1.88. The van der Waals surface area contributed by atoms with Gasteiger partial charge in [-0.05, 0) is 35.6 Å². The lowest BCUT2D eigenvalue weighted by atomic mass is 10.00. The van der Waals surface area contributed by atoms with Crippen LogP contribution in [0.3, 0.4) is 0 Å². The Balaban J connectivity index is 1.82. The molecule has 3 rings (SSSR count). The third-order valence-corrected chi connectivity index (χ3v) is 4.60. The largest absolute Gasteiger partial charge is 0.394 e. The van der Waals surface area contributed by atoms with Crippen LogP contribution in [-0.4, -0.2) is 35.6 Å². The standard InChI is InChI=1S/C18H21NO2/c1-12(11-20)19(2)18(21)17-10-16(17)15-9-5-7-13-6-3-4-8-14(13)15/h3-9,12,16-17,20H,10-11H2,1-2H3. The van der Waals surface area contributed by atoms with Gasteiger partial charge in [-0.3, -0.25) is 4.79 Å². The number of hydrogen-bond donors (Lipinski definition) is 1. The predicted molar refractivity (Wildman–Crippen MR) is 84.1 cm³/mol. The van der Waals surface area contributed by atoms with E-state index < -0.39 is 0 Å². The van der Waals surface area contributed by atoms with Gasteiger partial charge in [0, 0.05) is 13.0 Å². The molecule has 0 aromatic heterocycles. The van der Waals surface area contributed by atoms with Crippen molar-refractivity contribution >= 4 is 16.7 Å². The van der Waals surface area contributed by atoms with E-state index >= 15 is 0 Å². The minimum Gasteiger partial charge on any atom is -0.394 e. The predicted octanol–water partition coefficient (Wildman–Crippen LogP) is 2.78. The molecule has 1 fully saturated rings. The van der Waals surface area contributed by atoms with Crippen LogP contribution in [0, 0.1) is 5.92 Å². The van der Waals surface area contributed by atoms with E-state index in [1.807, 2.05) is 19.1 Å². The average Bonchev–Trinajstić information content (AvgIpc) is 3.32. The lowest BCUT2D eigenvalue weighted by Gasteiger charge is -2.23. The van der Waals surface area contributed by atoms with Crippen molar-refractivity contribution in [3.63, 3.8) is 0 Å². The van der Waals surface area contributed by atoms with Crippen LogP contribution in [0.25, 0.3) is 10.8 Å². The molecule has 2 aromatic rings. The molecule has 0 aliphatic heterocycles. The smallest absolute Gasteiger partial charge is 0.226 e. The number of nitrogens with zero attached hydrogens (tertiary/aromatic N) is 1. The summed E-state index contributed by atoms with van der Waals surface area (Å²) in [6, 6.07) is 14.5. The number of benzene rings is 2. The van der Waals surface area contributed by atoms with Crippen molar-refractivity contribution in [1.29, 1.82) is 0 Å². The van der Waals surface area contributed by atoms with E-state index in [9.17, 15) is 9.90 Å². The van der Waals surface area contributed by atoms with Gasteiger partial charge in [-0.1, -0.05) is 42.5 Å². The first-order chi connectivity index (χ1) is 10.1. The monoisotopic (exact) mass is 283 g/mol. The van der Waals surface area contributed by atoms with Crippen molar-refractivity contribution in [2.75, 3.05) is 13.7 Å². The molecule has 110 valence electrons. The molecule has 0 radical (unpaired) electrons. The van der Waals surface area contributed by atoms with Gasteiger partial charge in [0.25, 0.3) is 0 Å². The maximum atomic E-state index is 12.4. The normalized spacial score (nSPS) is 22.0. The first kappa shape index (κ1) is 14.1. The lowest BCUT2D eigenvalue weighted by molar-refractivity contribution is -0.133. The molecule has 1 N–H and O–H groups in total. The second kappa shape index (κ2) is 5.49. The van der Waals surface area contributed by atoms with Crippen molar-refractivity contribution in [3.05, 3.63) is 48.0 Å². The quantitative estimate of drug-likeness (QED) is 0.937. The fourth-order valence-electron chi connectivity index (χ4n) is 2.99. The molecule has 1 amide bonds. The number of amides is 1. The van der Waals surface area contributed by atoms with E-state index in [0.29, 0.717) is 5.92 Å². The lowest BCUT2D eigenvalue weighted by Crippen LogP contribution is -2.38. The van der Waals surface area contributed by atoms with Crippen LogP contribution >= 0.6 is 0 Å². The summed E-state index contributed by atoms with van der Waals surface area (Å²) in [5.41, 5.74) is 1.27. The molecular formula is C18H21NO2. The van der Waals surface area contributed by atoms with Gasteiger partial charge in [0.1, 0.15) is 0 Å². The second-order valence-electron chi connectivity index (χ2n) is 6.00. The van der Waals surface area contributed by atoms with Gasteiger partial charge < -0.3 is 10.0 Å². The van der Waals surface area contributed by atoms with Crippen LogP contribution in [0.5, 0.6) is 0 Å². The van der Waals surface area contributed by atoms with Gasteiger partial charge in [0.15, 0.2) is 0 Å². The number of rotatable bonds is 4. The van der Waals surface area contributed by atoms with Crippen molar-refractivity contribution in [2.24, 2.45) is 5.92 Å². The van der Waals surface area contributed by atoms with Crippen molar-refractivity contribution < 1.29 is 9.90 Å². The topological polar surface area (TPSA) is 40.5 Å².